The highest BCUT2D eigenvalue weighted by atomic mass is 16.5. The normalized spacial score (nSPS) is 17.0. The number of hydrogen-bond acceptors (Lipinski definition) is 4. The van der Waals surface area contributed by atoms with Crippen LogP contribution in [0.2, 0.25) is 0 Å². The van der Waals surface area contributed by atoms with Crippen LogP contribution in [-0.2, 0) is 11.2 Å². The molecule has 21 heavy (non-hydrogen) atoms. The van der Waals surface area contributed by atoms with Crippen molar-refractivity contribution in [3.8, 4) is 5.75 Å². The number of methoxy groups -OCH3 is 2. The molecule has 1 aromatic rings. The number of piperidine rings is 1. The fraction of sp³-hybridized carbons (Fsp3) is 0.647. The molecule has 1 N–H and O–H groups in total. The van der Waals surface area contributed by atoms with Gasteiger partial charge in [-0.1, -0.05) is 12.1 Å². The Morgan fingerprint density at radius 3 is 2.48 bits per heavy atom. The molecule has 1 fully saturated rings. The first-order valence-corrected chi connectivity index (χ1v) is 7.89. The van der Waals surface area contributed by atoms with Gasteiger partial charge in [-0.25, -0.2) is 0 Å². The maximum absolute atomic E-state index is 5.19. The number of nitrogens with one attached hydrogen (secondary N) is 1. The summed E-state index contributed by atoms with van der Waals surface area (Å²) in [6.45, 7) is 5.31. The van der Waals surface area contributed by atoms with Crippen LogP contribution in [0.5, 0.6) is 5.75 Å². The minimum absolute atomic E-state index is 0.664. The quantitative estimate of drug-likeness (QED) is 0.743. The molecule has 4 heteroatoms. The van der Waals surface area contributed by atoms with Crippen molar-refractivity contribution >= 4 is 0 Å². The van der Waals surface area contributed by atoms with Gasteiger partial charge in [0.25, 0.3) is 0 Å². The third-order valence-electron chi connectivity index (χ3n) is 4.20. The predicted molar refractivity (Wildman–Crippen MR) is 86.0 cm³/mol. The Kier molecular flexibility index (Phi) is 7.00. The van der Waals surface area contributed by atoms with E-state index in [0.29, 0.717) is 6.04 Å². The summed E-state index contributed by atoms with van der Waals surface area (Å²) >= 11 is 0. The summed E-state index contributed by atoms with van der Waals surface area (Å²) in [6.07, 6.45) is 3.60. The van der Waals surface area contributed by atoms with Crippen LogP contribution in [-0.4, -0.2) is 57.9 Å². The van der Waals surface area contributed by atoms with E-state index in [1.165, 1.54) is 31.5 Å². The molecule has 1 aliphatic heterocycles. The average molecular weight is 292 g/mol. The minimum atomic E-state index is 0.664. The summed E-state index contributed by atoms with van der Waals surface area (Å²) < 4.78 is 10.3. The Morgan fingerprint density at radius 1 is 1.14 bits per heavy atom. The second kappa shape index (κ2) is 9.03. The van der Waals surface area contributed by atoms with Crippen LogP contribution >= 0.6 is 0 Å². The molecule has 0 aromatic heterocycles. The first-order chi connectivity index (χ1) is 10.3. The number of nitrogens with zero attached hydrogens (tertiary/aromatic N) is 1. The lowest BCUT2D eigenvalue weighted by atomic mass is 10.0. The van der Waals surface area contributed by atoms with Crippen molar-refractivity contribution in [2.24, 2.45) is 0 Å². The summed E-state index contributed by atoms with van der Waals surface area (Å²) in [5, 5.41) is 3.56. The van der Waals surface area contributed by atoms with Crippen LogP contribution in [0.1, 0.15) is 18.4 Å². The van der Waals surface area contributed by atoms with Crippen LogP contribution in [0.4, 0.5) is 0 Å². The molecular formula is C17H28N2O2. The van der Waals surface area contributed by atoms with Crippen molar-refractivity contribution in [1.82, 2.24) is 10.2 Å². The zero-order valence-corrected chi connectivity index (χ0v) is 13.3. The van der Waals surface area contributed by atoms with E-state index in [4.69, 9.17) is 9.47 Å². The summed E-state index contributed by atoms with van der Waals surface area (Å²) in [5.74, 6) is 0.932. The van der Waals surface area contributed by atoms with E-state index >= 15 is 0 Å². The molecule has 2 rings (SSSR count). The lowest BCUT2D eigenvalue weighted by molar-refractivity contribution is 0.173. The molecule has 0 radical (unpaired) electrons. The Bertz CT molecular complexity index is 386. The lowest BCUT2D eigenvalue weighted by Gasteiger charge is -2.32. The molecule has 0 amide bonds. The van der Waals surface area contributed by atoms with Gasteiger partial charge in [0.15, 0.2) is 0 Å². The SMILES string of the molecule is COCCNC1CCN(CCc2ccc(OC)cc2)CC1. The molecule has 0 saturated carbocycles. The van der Waals surface area contributed by atoms with Crippen molar-refractivity contribution in [2.45, 2.75) is 25.3 Å². The van der Waals surface area contributed by atoms with E-state index in [1.54, 1.807) is 14.2 Å². The van der Waals surface area contributed by atoms with Crippen molar-refractivity contribution in [3.63, 3.8) is 0 Å². The summed E-state index contributed by atoms with van der Waals surface area (Å²) in [5.41, 5.74) is 1.39. The van der Waals surface area contributed by atoms with Crippen molar-refractivity contribution in [1.29, 1.82) is 0 Å². The molecule has 0 bridgehead atoms. The third kappa shape index (κ3) is 5.65. The zero-order chi connectivity index (χ0) is 14.9. The smallest absolute Gasteiger partial charge is 0.118 e. The van der Waals surface area contributed by atoms with Crippen LogP contribution in [0.25, 0.3) is 0 Å². The van der Waals surface area contributed by atoms with Crippen LogP contribution in [0, 0.1) is 0 Å². The molecule has 4 nitrogen and oxygen atoms in total. The number of likely N-dealkylation sites (tertiary alicyclic amines) is 1. The van der Waals surface area contributed by atoms with Crippen LogP contribution in [0.15, 0.2) is 24.3 Å². The molecule has 118 valence electrons. The first-order valence-electron chi connectivity index (χ1n) is 7.89. The molecule has 1 aromatic carbocycles. The maximum atomic E-state index is 5.19. The topological polar surface area (TPSA) is 33.7 Å². The molecule has 0 unspecified atom stereocenters. The molecule has 1 heterocycles. The monoisotopic (exact) mass is 292 g/mol. The van der Waals surface area contributed by atoms with E-state index in [2.05, 4.69) is 22.3 Å². The molecule has 1 aliphatic rings. The van der Waals surface area contributed by atoms with Crippen molar-refractivity contribution in [2.75, 3.05) is 47.0 Å². The first kappa shape index (κ1) is 16.3. The van der Waals surface area contributed by atoms with Crippen molar-refractivity contribution in [3.05, 3.63) is 29.8 Å². The van der Waals surface area contributed by atoms with Gasteiger partial charge in [0.1, 0.15) is 5.75 Å². The van der Waals surface area contributed by atoms with E-state index in [-0.39, 0.29) is 0 Å². The fourth-order valence-electron chi connectivity index (χ4n) is 2.81. The largest absolute Gasteiger partial charge is 0.497 e. The highest BCUT2D eigenvalue weighted by molar-refractivity contribution is 5.27. The second-order valence-electron chi connectivity index (χ2n) is 5.66. The Labute approximate surface area is 128 Å². The van der Waals surface area contributed by atoms with Gasteiger partial charge in [-0.15, -0.1) is 0 Å². The lowest BCUT2D eigenvalue weighted by Crippen LogP contribution is -2.43. The number of benzene rings is 1. The van der Waals surface area contributed by atoms with E-state index < -0.39 is 0 Å². The Balaban J connectivity index is 1.64. The summed E-state index contributed by atoms with van der Waals surface area (Å²) in [6, 6.07) is 9.08. The molecular weight excluding hydrogens is 264 g/mol. The van der Waals surface area contributed by atoms with Gasteiger partial charge in [0, 0.05) is 26.2 Å². The molecule has 0 spiro atoms. The molecule has 0 atom stereocenters. The standard InChI is InChI=1S/C17H28N2O2/c1-20-14-10-18-16-8-12-19(13-9-16)11-7-15-3-5-17(21-2)6-4-15/h3-6,16,18H,7-14H2,1-2H3. The highest BCUT2D eigenvalue weighted by Gasteiger charge is 2.18. The molecule has 1 saturated heterocycles. The van der Waals surface area contributed by atoms with Crippen molar-refractivity contribution < 1.29 is 9.47 Å². The average Bonchev–Trinajstić information content (AvgIpc) is 2.55. The number of ether oxygens (including phenoxy) is 2. The van der Waals surface area contributed by atoms with E-state index in [1.807, 2.05) is 12.1 Å². The van der Waals surface area contributed by atoms with Gasteiger partial charge in [0.05, 0.1) is 13.7 Å². The van der Waals surface area contributed by atoms with E-state index in [0.717, 1.165) is 31.9 Å². The second-order valence-corrected chi connectivity index (χ2v) is 5.66. The molecule has 0 aliphatic carbocycles. The summed E-state index contributed by atoms with van der Waals surface area (Å²) in [4.78, 5) is 2.57. The Hall–Kier alpha value is -1.10. The fourth-order valence-corrected chi connectivity index (χ4v) is 2.81. The number of rotatable bonds is 8. The zero-order valence-electron chi connectivity index (χ0n) is 13.3. The van der Waals surface area contributed by atoms with Gasteiger partial charge in [0.2, 0.25) is 0 Å². The van der Waals surface area contributed by atoms with E-state index in [9.17, 15) is 0 Å². The highest BCUT2D eigenvalue weighted by Crippen LogP contribution is 2.14. The van der Waals surface area contributed by atoms with Gasteiger partial charge < -0.3 is 19.7 Å². The van der Waals surface area contributed by atoms with Gasteiger partial charge in [-0.05, 0) is 50.0 Å². The third-order valence-corrected chi connectivity index (χ3v) is 4.20. The van der Waals surface area contributed by atoms with Crippen LogP contribution < -0.4 is 10.1 Å². The minimum Gasteiger partial charge on any atom is -0.497 e. The summed E-state index contributed by atoms with van der Waals surface area (Å²) in [7, 11) is 3.46. The maximum Gasteiger partial charge on any atom is 0.118 e. The van der Waals surface area contributed by atoms with Gasteiger partial charge in [-0.3, -0.25) is 0 Å². The number of hydrogen-bond donors (Lipinski definition) is 1. The Morgan fingerprint density at radius 2 is 1.86 bits per heavy atom. The van der Waals surface area contributed by atoms with Gasteiger partial charge in [-0.2, -0.15) is 0 Å². The predicted octanol–water partition coefficient (Wildman–Crippen LogP) is 1.94. The van der Waals surface area contributed by atoms with Crippen LogP contribution in [0.3, 0.4) is 0 Å². The van der Waals surface area contributed by atoms with Gasteiger partial charge >= 0.3 is 0 Å².